The predicted octanol–water partition coefficient (Wildman–Crippen LogP) is 3.87. The fraction of sp³-hybridized carbons (Fsp3) is 0.133. The van der Waals surface area contributed by atoms with Crippen LogP contribution >= 0.6 is 0 Å². The molecule has 2 rings (SSSR count). The molecule has 124 valence electrons. The molecule has 1 N–H and O–H groups in total. The fourth-order valence-corrected chi connectivity index (χ4v) is 2.00. The molecule has 8 nitrogen and oxygen atoms in total. The summed E-state index contributed by atoms with van der Waals surface area (Å²) in [5.41, 5.74) is 2.96. The minimum Gasteiger partial charge on any atom is -0.271 e. The van der Waals surface area contributed by atoms with Crippen LogP contribution in [-0.4, -0.2) is 15.6 Å². The van der Waals surface area contributed by atoms with E-state index in [0.29, 0.717) is 17.7 Å². The molecule has 0 radical (unpaired) electrons. The van der Waals surface area contributed by atoms with Gasteiger partial charge < -0.3 is 0 Å². The maximum Gasteiger partial charge on any atom is 0.301 e. The number of rotatable bonds is 6. The van der Waals surface area contributed by atoms with Crippen LogP contribution in [0.2, 0.25) is 0 Å². The molecule has 0 fully saturated rings. The van der Waals surface area contributed by atoms with Crippen LogP contribution < -0.4 is 5.43 Å². The SMILES string of the molecule is CC/C(=N/Nc1ccc([N+](=O)[O-])cc1[N+](=O)[O-])c1ccc(F)cc1. The number of hydrogen-bond acceptors (Lipinski definition) is 6. The van der Waals surface area contributed by atoms with Gasteiger partial charge in [0.2, 0.25) is 0 Å². The first kappa shape index (κ1) is 17.0. The second-order valence-corrected chi connectivity index (χ2v) is 4.75. The van der Waals surface area contributed by atoms with Gasteiger partial charge in [-0.3, -0.25) is 25.7 Å². The molecule has 0 heterocycles. The Balaban J connectivity index is 2.33. The van der Waals surface area contributed by atoms with Crippen molar-refractivity contribution in [2.45, 2.75) is 13.3 Å². The highest BCUT2D eigenvalue weighted by atomic mass is 19.1. The molecule has 0 unspecified atom stereocenters. The second-order valence-electron chi connectivity index (χ2n) is 4.75. The number of anilines is 1. The molecule has 0 aliphatic heterocycles. The first-order valence-corrected chi connectivity index (χ1v) is 6.93. The highest BCUT2D eigenvalue weighted by molar-refractivity contribution is 6.00. The molecule has 0 amide bonds. The molecular weight excluding hydrogens is 319 g/mol. The Bertz CT molecular complexity index is 806. The van der Waals surface area contributed by atoms with Gasteiger partial charge in [0.05, 0.1) is 21.6 Å². The van der Waals surface area contributed by atoms with Crippen LogP contribution in [-0.2, 0) is 0 Å². The first-order chi connectivity index (χ1) is 11.4. The van der Waals surface area contributed by atoms with Crippen LogP contribution in [0.4, 0.5) is 21.5 Å². The topological polar surface area (TPSA) is 111 Å². The van der Waals surface area contributed by atoms with Gasteiger partial charge in [-0.25, -0.2) is 4.39 Å². The summed E-state index contributed by atoms with van der Waals surface area (Å²) < 4.78 is 13.0. The highest BCUT2D eigenvalue weighted by Gasteiger charge is 2.19. The van der Waals surface area contributed by atoms with Gasteiger partial charge in [-0.05, 0) is 30.2 Å². The molecule has 2 aromatic rings. The molecule has 0 aromatic heterocycles. The molecule has 0 aliphatic carbocycles. The van der Waals surface area contributed by atoms with E-state index in [9.17, 15) is 24.6 Å². The zero-order valence-electron chi connectivity index (χ0n) is 12.6. The number of non-ortho nitro benzene ring substituents is 1. The number of benzene rings is 2. The van der Waals surface area contributed by atoms with Crippen LogP contribution in [0.15, 0.2) is 47.6 Å². The molecule has 0 saturated heterocycles. The van der Waals surface area contributed by atoms with Crippen LogP contribution in [0.25, 0.3) is 0 Å². The standard InChI is InChI=1S/C15H13FN4O4/c1-2-13(10-3-5-11(16)6-4-10)17-18-14-8-7-12(19(21)22)9-15(14)20(23)24/h3-9,18H,2H2,1H3/b17-13-. The van der Waals surface area contributed by atoms with E-state index in [1.807, 2.05) is 6.92 Å². The van der Waals surface area contributed by atoms with Crippen LogP contribution in [0.5, 0.6) is 0 Å². The van der Waals surface area contributed by atoms with Gasteiger partial charge in [0.15, 0.2) is 0 Å². The molecule has 0 atom stereocenters. The van der Waals surface area contributed by atoms with Crippen molar-refractivity contribution in [2.24, 2.45) is 5.10 Å². The van der Waals surface area contributed by atoms with E-state index in [-0.39, 0.29) is 17.2 Å². The van der Waals surface area contributed by atoms with Crippen LogP contribution in [0, 0.1) is 26.0 Å². The lowest BCUT2D eigenvalue weighted by Crippen LogP contribution is -2.05. The van der Waals surface area contributed by atoms with Crippen LogP contribution in [0.1, 0.15) is 18.9 Å². The lowest BCUT2D eigenvalue weighted by atomic mass is 10.1. The monoisotopic (exact) mass is 332 g/mol. The van der Waals surface area contributed by atoms with Gasteiger partial charge in [0.1, 0.15) is 11.5 Å². The summed E-state index contributed by atoms with van der Waals surface area (Å²) in [6.45, 7) is 1.83. The van der Waals surface area contributed by atoms with Gasteiger partial charge in [0.25, 0.3) is 5.69 Å². The quantitative estimate of drug-likeness (QED) is 0.490. The van der Waals surface area contributed by atoms with Crippen molar-refractivity contribution in [1.82, 2.24) is 0 Å². The summed E-state index contributed by atoms with van der Waals surface area (Å²) >= 11 is 0. The predicted molar refractivity (Wildman–Crippen MR) is 86.6 cm³/mol. The average molecular weight is 332 g/mol. The van der Waals surface area contributed by atoms with Crippen molar-refractivity contribution >= 4 is 22.8 Å². The molecule has 0 spiro atoms. The van der Waals surface area contributed by atoms with E-state index in [0.717, 1.165) is 12.1 Å². The number of hydrogen-bond donors (Lipinski definition) is 1. The summed E-state index contributed by atoms with van der Waals surface area (Å²) in [6.07, 6.45) is 0.499. The third-order valence-electron chi connectivity index (χ3n) is 3.21. The number of nitrogens with one attached hydrogen (secondary N) is 1. The van der Waals surface area contributed by atoms with Crippen LogP contribution in [0.3, 0.4) is 0 Å². The lowest BCUT2D eigenvalue weighted by Gasteiger charge is -2.06. The largest absolute Gasteiger partial charge is 0.301 e. The summed E-state index contributed by atoms with van der Waals surface area (Å²) in [7, 11) is 0. The zero-order valence-corrected chi connectivity index (χ0v) is 12.6. The van der Waals surface area contributed by atoms with E-state index in [1.54, 1.807) is 12.1 Å². The average Bonchev–Trinajstić information content (AvgIpc) is 2.56. The molecular formula is C15H13FN4O4. The normalized spacial score (nSPS) is 11.2. The van der Waals surface area contributed by atoms with E-state index in [1.165, 1.54) is 18.2 Å². The van der Waals surface area contributed by atoms with Gasteiger partial charge in [-0.15, -0.1) is 0 Å². The first-order valence-electron chi connectivity index (χ1n) is 6.93. The van der Waals surface area contributed by atoms with E-state index >= 15 is 0 Å². The van der Waals surface area contributed by atoms with Crippen molar-refractivity contribution in [1.29, 1.82) is 0 Å². The van der Waals surface area contributed by atoms with E-state index < -0.39 is 15.5 Å². The molecule has 2 aromatic carbocycles. The van der Waals surface area contributed by atoms with Gasteiger partial charge in [0, 0.05) is 6.07 Å². The fourth-order valence-electron chi connectivity index (χ4n) is 2.00. The Labute approximate surface area is 135 Å². The summed E-state index contributed by atoms with van der Waals surface area (Å²) in [5, 5.41) is 25.9. The minimum absolute atomic E-state index is 0.0265. The van der Waals surface area contributed by atoms with Gasteiger partial charge in [-0.2, -0.15) is 5.10 Å². The van der Waals surface area contributed by atoms with Gasteiger partial charge >= 0.3 is 5.69 Å². The number of hydrazone groups is 1. The molecule has 0 aliphatic rings. The van der Waals surface area contributed by atoms with Crippen molar-refractivity contribution in [3.05, 3.63) is 74.1 Å². The Morgan fingerprint density at radius 3 is 2.33 bits per heavy atom. The Morgan fingerprint density at radius 1 is 1.12 bits per heavy atom. The third kappa shape index (κ3) is 3.88. The third-order valence-corrected chi connectivity index (χ3v) is 3.21. The summed E-state index contributed by atoms with van der Waals surface area (Å²) in [6, 6.07) is 8.89. The molecule has 0 saturated carbocycles. The van der Waals surface area contributed by atoms with E-state index in [2.05, 4.69) is 10.5 Å². The zero-order chi connectivity index (χ0) is 17.7. The van der Waals surface area contributed by atoms with Crippen molar-refractivity contribution in [3.8, 4) is 0 Å². The highest BCUT2D eigenvalue weighted by Crippen LogP contribution is 2.29. The Hall–Kier alpha value is -3.36. The molecule has 0 bridgehead atoms. The number of halogens is 1. The van der Waals surface area contributed by atoms with Crippen molar-refractivity contribution in [2.75, 3.05) is 5.43 Å². The maximum atomic E-state index is 13.0. The number of nitro groups is 2. The summed E-state index contributed by atoms with van der Waals surface area (Å²) in [4.78, 5) is 20.3. The second kappa shape index (κ2) is 7.27. The summed E-state index contributed by atoms with van der Waals surface area (Å²) in [5.74, 6) is -0.381. The Morgan fingerprint density at radius 2 is 1.79 bits per heavy atom. The van der Waals surface area contributed by atoms with Crippen molar-refractivity contribution in [3.63, 3.8) is 0 Å². The maximum absolute atomic E-state index is 13.0. The van der Waals surface area contributed by atoms with E-state index in [4.69, 9.17) is 0 Å². The minimum atomic E-state index is -0.728. The Kier molecular flexibility index (Phi) is 5.15. The number of nitro benzene ring substituents is 2. The molecule has 9 heteroatoms. The van der Waals surface area contributed by atoms with Crippen molar-refractivity contribution < 1.29 is 14.2 Å². The lowest BCUT2D eigenvalue weighted by molar-refractivity contribution is -0.393. The smallest absolute Gasteiger partial charge is 0.271 e. The number of nitrogens with zero attached hydrogens (tertiary/aromatic N) is 3. The van der Waals surface area contributed by atoms with Gasteiger partial charge in [-0.1, -0.05) is 19.1 Å². The molecule has 24 heavy (non-hydrogen) atoms.